The summed E-state index contributed by atoms with van der Waals surface area (Å²) in [6.07, 6.45) is -0.781. The first-order valence-corrected chi connectivity index (χ1v) is 8.07. The van der Waals surface area contributed by atoms with Gasteiger partial charge in [-0.1, -0.05) is 30.3 Å². The highest BCUT2D eigenvalue weighted by Gasteiger charge is 2.43. The Balaban J connectivity index is 1.55. The van der Waals surface area contributed by atoms with Crippen molar-refractivity contribution >= 4 is 23.6 Å². The van der Waals surface area contributed by atoms with Gasteiger partial charge in [0.25, 0.3) is 0 Å². The van der Waals surface area contributed by atoms with Gasteiger partial charge >= 0.3 is 6.29 Å². The number of halogens is 2. The second kappa shape index (κ2) is 7.45. The van der Waals surface area contributed by atoms with E-state index in [0.717, 1.165) is 5.56 Å². The Bertz CT molecular complexity index is 885. The summed E-state index contributed by atoms with van der Waals surface area (Å²) in [6, 6.07) is 12.3. The fraction of sp³-hybridized carbons (Fsp3) is 0.158. The standard InChI is InChI=1S/C19H16F2N2O4/c1-12(22-17(24)10-7-13-5-3-2-4-6-13)18(25)23-14-8-9-15-16(11-14)27-19(20,21)26-15/h2-12H,1H3,(H,22,24)(H,23,25). The Morgan fingerprint density at radius 1 is 1.07 bits per heavy atom. The van der Waals surface area contributed by atoms with Crippen molar-refractivity contribution in [3.8, 4) is 11.5 Å². The smallest absolute Gasteiger partial charge is 0.395 e. The van der Waals surface area contributed by atoms with Crippen molar-refractivity contribution in [2.24, 2.45) is 0 Å². The lowest BCUT2D eigenvalue weighted by atomic mass is 10.2. The second-order valence-corrected chi connectivity index (χ2v) is 5.79. The van der Waals surface area contributed by atoms with Gasteiger partial charge in [0.15, 0.2) is 11.5 Å². The predicted molar refractivity (Wildman–Crippen MR) is 94.4 cm³/mol. The largest absolute Gasteiger partial charge is 0.586 e. The van der Waals surface area contributed by atoms with Gasteiger partial charge in [-0.05, 0) is 30.7 Å². The Morgan fingerprint density at radius 3 is 2.52 bits per heavy atom. The summed E-state index contributed by atoms with van der Waals surface area (Å²) in [5.74, 6) is -1.25. The maximum absolute atomic E-state index is 13.0. The molecule has 0 saturated carbocycles. The fourth-order valence-corrected chi connectivity index (χ4v) is 2.34. The molecule has 1 aliphatic heterocycles. The van der Waals surface area contributed by atoms with E-state index in [2.05, 4.69) is 20.1 Å². The lowest BCUT2D eigenvalue weighted by Gasteiger charge is -2.13. The summed E-state index contributed by atoms with van der Waals surface area (Å²) < 4.78 is 34.6. The molecule has 2 aromatic carbocycles. The van der Waals surface area contributed by atoms with E-state index in [1.54, 1.807) is 6.08 Å². The molecule has 6 nitrogen and oxygen atoms in total. The fourth-order valence-electron chi connectivity index (χ4n) is 2.34. The predicted octanol–water partition coefficient (Wildman–Crippen LogP) is 3.16. The number of rotatable bonds is 5. The van der Waals surface area contributed by atoms with Crippen LogP contribution in [0.3, 0.4) is 0 Å². The summed E-state index contributed by atoms with van der Waals surface area (Å²) in [4.78, 5) is 24.1. The van der Waals surface area contributed by atoms with Gasteiger partial charge in [-0.15, -0.1) is 8.78 Å². The van der Waals surface area contributed by atoms with E-state index in [9.17, 15) is 18.4 Å². The monoisotopic (exact) mass is 374 g/mol. The Morgan fingerprint density at radius 2 is 1.78 bits per heavy atom. The van der Waals surface area contributed by atoms with Crippen molar-refractivity contribution in [2.75, 3.05) is 5.32 Å². The number of hydrogen-bond acceptors (Lipinski definition) is 4. The van der Waals surface area contributed by atoms with Crippen LogP contribution in [0.5, 0.6) is 11.5 Å². The Kier molecular flexibility index (Phi) is 5.07. The van der Waals surface area contributed by atoms with Crippen LogP contribution >= 0.6 is 0 Å². The molecule has 8 heteroatoms. The molecular formula is C19H16F2N2O4. The minimum absolute atomic E-state index is 0.120. The minimum atomic E-state index is -3.72. The number of hydrogen-bond donors (Lipinski definition) is 2. The van der Waals surface area contributed by atoms with Crippen LogP contribution in [-0.2, 0) is 9.59 Å². The average Bonchev–Trinajstić information content (AvgIpc) is 2.94. The molecule has 1 atom stereocenters. The summed E-state index contributed by atoms with van der Waals surface area (Å²) in [5, 5.41) is 5.04. The first-order valence-electron chi connectivity index (χ1n) is 8.07. The van der Waals surface area contributed by atoms with Crippen LogP contribution in [0.25, 0.3) is 6.08 Å². The number of carbonyl (C=O) groups excluding carboxylic acids is 2. The first kappa shape index (κ1) is 18.4. The molecular weight excluding hydrogens is 358 g/mol. The van der Waals surface area contributed by atoms with E-state index >= 15 is 0 Å². The molecule has 1 unspecified atom stereocenters. The van der Waals surface area contributed by atoms with E-state index in [4.69, 9.17) is 0 Å². The van der Waals surface area contributed by atoms with E-state index in [1.165, 1.54) is 31.2 Å². The van der Waals surface area contributed by atoms with E-state index in [1.807, 2.05) is 30.3 Å². The van der Waals surface area contributed by atoms with E-state index in [0.29, 0.717) is 0 Å². The van der Waals surface area contributed by atoms with Gasteiger partial charge < -0.3 is 20.1 Å². The summed E-state index contributed by atoms with van der Waals surface area (Å²) >= 11 is 0. The van der Waals surface area contributed by atoms with Crippen molar-refractivity contribution in [1.29, 1.82) is 0 Å². The van der Waals surface area contributed by atoms with Crippen LogP contribution in [0.2, 0.25) is 0 Å². The molecule has 0 aliphatic carbocycles. The molecule has 2 N–H and O–H groups in total. The van der Waals surface area contributed by atoms with Crippen LogP contribution in [0.4, 0.5) is 14.5 Å². The molecule has 1 heterocycles. The molecule has 0 saturated heterocycles. The number of alkyl halides is 2. The SMILES string of the molecule is CC(NC(=O)C=Cc1ccccc1)C(=O)Nc1ccc2c(c1)OC(F)(F)O2. The molecule has 0 aromatic heterocycles. The molecule has 140 valence electrons. The van der Waals surface area contributed by atoms with Crippen LogP contribution < -0.4 is 20.1 Å². The highest BCUT2D eigenvalue weighted by molar-refractivity contribution is 6.00. The van der Waals surface area contributed by atoms with Crippen LogP contribution in [0.1, 0.15) is 12.5 Å². The molecule has 0 bridgehead atoms. The normalized spacial score (nSPS) is 15.4. The minimum Gasteiger partial charge on any atom is -0.395 e. The Hall–Kier alpha value is -3.42. The third kappa shape index (κ3) is 4.81. The molecule has 2 amide bonds. The highest BCUT2D eigenvalue weighted by atomic mass is 19.3. The number of ether oxygens (including phenoxy) is 2. The molecule has 0 fully saturated rings. The zero-order valence-corrected chi connectivity index (χ0v) is 14.2. The van der Waals surface area contributed by atoms with Crippen molar-refractivity contribution in [1.82, 2.24) is 5.32 Å². The summed E-state index contributed by atoms with van der Waals surface area (Å²) in [5.41, 5.74) is 1.09. The first-order chi connectivity index (χ1) is 12.8. The van der Waals surface area contributed by atoms with Gasteiger partial charge in [0.05, 0.1) is 0 Å². The third-order valence-electron chi connectivity index (χ3n) is 3.65. The van der Waals surface area contributed by atoms with Crippen molar-refractivity contribution < 1.29 is 27.8 Å². The number of benzene rings is 2. The molecule has 1 aliphatic rings. The molecule has 0 spiro atoms. The maximum Gasteiger partial charge on any atom is 0.586 e. The zero-order valence-electron chi connectivity index (χ0n) is 14.2. The summed E-state index contributed by atoms with van der Waals surface area (Å²) in [7, 11) is 0. The van der Waals surface area contributed by atoms with Crippen molar-refractivity contribution in [3.63, 3.8) is 0 Å². The highest BCUT2D eigenvalue weighted by Crippen LogP contribution is 2.42. The molecule has 27 heavy (non-hydrogen) atoms. The summed E-state index contributed by atoms with van der Waals surface area (Å²) in [6.45, 7) is 1.50. The van der Waals surface area contributed by atoms with Crippen LogP contribution in [-0.4, -0.2) is 24.2 Å². The molecule has 3 rings (SSSR count). The van der Waals surface area contributed by atoms with Crippen molar-refractivity contribution in [2.45, 2.75) is 19.3 Å². The molecule has 0 radical (unpaired) electrons. The van der Waals surface area contributed by atoms with Gasteiger partial charge in [0.1, 0.15) is 6.04 Å². The van der Waals surface area contributed by atoms with Crippen molar-refractivity contribution in [3.05, 3.63) is 60.2 Å². The van der Waals surface area contributed by atoms with Gasteiger partial charge in [-0.25, -0.2) is 0 Å². The zero-order chi connectivity index (χ0) is 19.4. The number of anilines is 1. The van der Waals surface area contributed by atoms with Gasteiger partial charge in [-0.3, -0.25) is 9.59 Å². The van der Waals surface area contributed by atoms with Gasteiger partial charge in [0.2, 0.25) is 11.8 Å². The van der Waals surface area contributed by atoms with Gasteiger partial charge in [-0.2, -0.15) is 0 Å². The number of nitrogens with one attached hydrogen (secondary N) is 2. The lowest BCUT2D eigenvalue weighted by molar-refractivity contribution is -0.286. The number of amides is 2. The number of fused-ring (bicyclic) bond motifs is 1. The third-order valence-corrected chi connectivity index (χ3v) is 3.65. The van der Waals surface area contributed by atoms with E-state index < -0.39 is 24.2 Å². The quantitative estimate of drug-likeness (QED) is 0.789. The van der Waals surface area contributed by atoms with Crippen LogP contribution in [0, 0.1) is 0 Å². The molecule has 2 aromatic rings. The average molecular weight is 374 g/mol. The number of carbonyl (C=O) groups is 2. The van der Waals surface area contributed by atoms with Gasteiger partial charge in [0, 0.05) is 17.8 Å². The van der Waals surface area contributed by atoms with E-state index in [-0.39, 0.29) is 17.2 Å². The van der Waals surface area contributed by atoms with Crippen LogP contribution in [0.15, 0.2) is 54.6 Å². The maximum atomic E-state index is 13.0. The topological polar surface area (TPSA) is 76.7 Å². The lowest BCUT2D eigenvalue weighted by Crippen LogP contribution is -2.40. The Labute approximate surface area is 153 Å². The second-order valence-electron chi connectivity index (χ2n) is 5.79.